The molecule has 0 aliphatic heterocycles. The second-order valence-corrected chi connectivity index (χ2v) is 6.66. The number of hydrogen-bond acceptors (Lipinski definition) is 4. The van der Waals surface area contributed by atoms with E-state index >= 15 is 0 Å². The van der Waals surface area contributed by atoms with Gasteiger partial charge < -0.3 is 15.0 Å². The van der Waals surface area contributed by atoms with Crippen molar-refractivity contribution in [3.05, 3.63) is 72.1 Å². The van der Waals surface area contributed by atoms with E-state index in [2.05, 4.69) is 28.8 Å². The molecule has 0 aliphatic rings. The fraction of sp³-hybridized carbons (Fsp3) is 0.182. The van der Waals surface area contributed by atoms with Crippen LogP contribution < -0.4 is 5.73 Å². The summed E-state index contributed by atoms with van der Waals surface area (Å²) in [7, 11) is 1.36. The minimum Gasteiger partial charge on any atom is -0.468 e. The zero-order valence-corrected chi connectivity index (χ0v) is 15.3. The van der Waals surface area contributed by atoms with Crippen LogP contribution in [0.3, 0.4) is 0 Å². The van der Waals surface area contributed by atoms with Crippen molar-refractivity contribution in [3.8, 4) is 5.69 Å². The summed E-state index contributed by atoms with van der Waals surface area (Å²) >= 11 is 0. The monoisotopic (exact) mass is 359 g/mol. The van der Waals surface area contributed by atoms with Crippen molar-refractivity contribution >= 4 is 27.8 Å². The molecule has 0 aliphatic carbocycles. The highest BCUT2D eigenvalue weighted by atomic mass is 16.5. The molecule has 4 aromatic rings. The van der Waals surface area contributed by atoms with Crippen molar-refractivity contribution < 1.29 is 9.53 Å². The SMILES string of the molecule is COC(=O)C(N)Cc1cn(-c2cc3ccccc3nc2C)c2ccccc12. The number of nitrogens with two attached hydrogens (primary N) is 1. The van der Waals surface area contributed by atoms with Gasteiger partial charge in [-0.1, -0.05) is 36.4 Å². The Balaban J connectivity index is 1.88. The van der Waals surface area contributed by atoms with Gasteiger partial charge >= 0.3 is 5.97 Å². The molecule has 2 N–H and O–H groups in total. The molecule has 5 nitrogen and oxygen atoms in total. The molecule has 2 aromatic carbocycles. The van der Waals surface area contributed by atoms with E-state index in [1.54, 1.807) is 0 Å². The van der Waals surface area contributed by atoms with Crippen LogP contribution in [0.1, 0.15) is 11.3 Å². The number of carbonyl (C=O) groups is 1. The van der Waals surface area contributed by atoms with Crippen LogP contribution in [0.4, 0.5) is 0 Å². The first-order chi connectivity index (χ1) is 13.1. The molecule has 4 rings (SSSR count). The number of methoxy groups -OCH3 is 1. The Labute approximate surface area is 157 Å². The van der Waals surface area contributed by atoms with Gasteiger partial charge in [-0.15, -0.1) is 0 Å². The first-order valence-electron chi connectivity index (χ1n) is 8.87. The fourth-order valence-corrected chi connectivity index (χ4v) is 3.53. The summed E-state index contributed by atoms with van der Waals surface area (Å²) < 4.78 is 6.90. The molecule has 0 saturated heterocycles. The van der Waals surface area contributed by atoms with Crippen LogP contribution in [0.25, 0.3) is 27.5 Å². The highest BCUT2D eigenvalue weighted by Gasteiger charge is 2.19. The van der Waals surface area contributed by atoms with Crippen molar-refractivity contribution in [3.63, 3.8) is 0 Å². The third kappa shape index (κ3) is 3.06. The second kappa shape index (κ2) is 6.85. The predicted octanol–water partition coefficient (Wildman–Crippen LogP) is 3.53. The lowest BCUT2D eigenvalue weighted by Gasteiger charge is -2.10. The smallest absolute Gasteiger partial charge is 0.322 e. The Bertz CT molecular complexity index is 1150. The third-order valence-electron chi connectivity index (χ3n) is 4.89. The van der Waals surface area contributed by atoms with Crippen LogP contribution >= 0.6 is 0 Å². The Morgan fingerprint density at radius 2 is 1.93 bits per heavy atom. The van der Waals surface area contributed by atoms with E-state index in [9.17, 15) is 4.79 Å². The number of fused-ring (bicyclic) bond motifs is 2. The number of esters is 1. The highest BCUT2D eigenvalue weighted by Crippen LogP contribution is 2.28. The highest BCUT2D eigenvalue weighted by molar-refractivity contribution is 5.88. The molecule has 1 unspecified atom stereocenters. The Morgan fingerprint density at radius 1 is 1.19 bits per heavy atom. The summed E-state index contributed by atoms with van der Waals surface area (Å²) in [6, 6.07) is 17.7. The summed E-state index contributed by atoms with van der Waals surface area (Å²) in [5, 5.41) is 2.16. The van der Waals surface area contributed by atoms with Crippen LogP contribution in [0.15, 0.2) is 60.8 Å². The normalized spacial score (nSPS) is 12.4. The first kappa shape index (κ1) is 17.2. The molecule has 2 heterocycles. The molecule has 2 aromatic heterocycles. The fourth-order valence-electron chi connectivity index (χ4n) is 3.53. The maximum absolute atomic E-state index is 11.8. The molecule has 0 saturated carbocycles. The quantitative estimate of drug-likeness (QED) is 0.566. The number of hydrogen-bond donors (Lipinski definition) is 1. The Hall–Kier alpha value is -3.18. The average Bonchev–Trinajstić information content (AvgIpc) is 3.05. The van der Waals surface area contributed by atoms with E-state index in [4.69, 9.17) is 15.5 Å². The number of pyridine rings is 1. The summed E-state index contributed by atoms with van der Waals surface area (Å²) in [4.78, 5) is 16.5. The molecule has 0 spiro atoms. The lowest BCUT2D eigenvalue weighted by atomic mass is 10.1. The summed E-state index contributed by atoms with van der Waals surface area (Å²) in [5.41, 5.74) is 11.0. The van der Waals surface area contributed by atoms with Gasteiger partial charge in [0.15, 0.2) is 0 Å². The van der Waals surface area contributed by atoms with Gasteiger partial charge in [-0.05, 0) is 30.7 Å². The number of ether oxygens (including phenoxy) is 1. The van der Waals surface area contributed by atoms with E-state index in [0.717, 1.165) is 38.8 Å². The first-order valence-corrected chi connectivity index (χ1v) is 8.87. The Kier molecular flexibility index (Phi) is 4.38. The molecule has 0 fully saturated rings. The van der Waals surface area contributed by atoms with Gasteiger partial charge in [0.05, 0.1) is 29.5 Å². The molecular formula is C22H21N3O2. The van der Waals surface area contributed by atoms with Gasteiger partial charge in [0.2, 0.25) is 0 Å². The van der Waals surface area contributed by atoms with Crippen LogP contribution in [-0.2, 0) is 16.0 Å². The number of carbonyl (C=O) groups excluding carboxylic acids is 1. The molecule has 0 radical (unpaired) electrons. The summed E-state index contributed by atoms with van der Waals surface area (Å²) in [6.45, 7) is 2.01. The van der Waals surface area contributed by atoms with E-state index in [1.165, 1.54) is 7.11 Å². The summed E-state index contributed by atoms with van der Waals surface area (Å²) in [6.07, 6.45) is 2.46. The van der Waals surface area contributed by atoms with Crippen LogP contribution in [-0.4, -0.2) is 28.7 Å². The molecule has 27 heavy (non-hydrogen) atoms. The van der Waals surface area contributed by atoms with Gasteiger partial charge in [0.25, 0.3) is 0 Å². The van der Waals surface area contributed by atoms with Gasteiger partial charge in [-0.25, -0.2) is 0 Å². The van der Waals surface area contributed by atoms with Crippen LogP contribution in [0.2, 0.25) is 0 Å². The number of rotatable bonds is 4. The summed E-state index contributed by atoms with van der Waals surface area (Å²) in [5.74, 6) is -0.407. The molecule has 0 bridgehead atoms. The maximum Gasteiger partial charge on any atom is 0.322 e. The standard InChI is InChI=1S/C22H21N3O2/c1-14-21(12-15-7-3-5-9-19(15)24-14)25-13-16(11-18(23)22(26)27-2)17-8-4-6-10-20(17)25/h3-10,12-13,18H,11,23H2,1-2H3. The molecular weight excluding hydrogens is 338 g/mol. The van der Waals surface area contributed by atoms with Gasteiger partial charge in [-0.2, -0.15) is 0 Å². The van der Waals surface area contributed by atoms with Crippen molar-refractivity contribution in [2.45, 2.75) is 19.4 Å². The molecule has 136 valence electrons. The second-order valence-electron chi connectivity index (χ2n) is 6.66. The number of aryl methyl sites for hydroxylation is 1. The van der Waals surface area contributed by atoms with E-state index < -0.39 is 12.0 Å². The number of para-hydroxylation sites is 2. The van der Waals surface area contributed by atoms with Gasteiger partial charge in [0, 0.05) is 23.4 Å². The molecule has 5 heteroatoms. The topological polar surface area (TPSA) is 70.1 Å². The van der Waals surface area contributed by atoms with Crippen LogP contribution in [0.5, 0.6) is 0 Å². The van der Waals surface area contributed by atoms with E-state index in [1.807, 2.05) is 43.5 Å². The van der Waals surface area contributed by atoms with Crippen molar-refractivity contribution in [1.29, 1.82) is 0 Å². The number of aromatic nitrogens is 2. The number of nitrogens with zero attached hydrogens (tertiary/aromatic N) is 2. The van der Waals surface area contributed by atoms with E-state index in [0.29, 0.717) is 6.42 Å². The van der Waals surface area contributed by atoms with Gasteiger partial charge in [-0.3, -0.25) is 9.78 Å². The predicted molar refractivity (Wildman–Crippen MR) is 107 cm³/mol. The average molecular weight is 359 g/mol. The minimum absolute atomic E-state index is 0.407. The zero-order chi connectivity index (χ0) is 19.0. The maximum atomic E-state index is 11.8. The lowest BCUT2D eigenvalue weighted by Crippen LogP contribution is -2.33. The van der Waals surface area contributed by atoms with Crippen molar-refractivity contribution in [2.75, 3.05) is 7.11 Å². The third-order valence-corrected chi connectivity index (χ3v) is 4.89. The lowest BCUT2D eigenvalue weighted by molar-refractivity contribution is -0.142. The van der Waals surface area contributed by atoms with Crippen molar-refractivity contribution in [2.24, 2.45) is 5.73 Å². The number of benzene rings is 2. The zero-order valence-electron chi connectivity index (χ0n) is 15.3. The van der Waals surface area contributed by atoms with Crippen molar-refractivity contribution in [1.82, 2.24) is 9.55 Å². The molecule has 0 amide bonds. The van der Waals surface area contributed by atoms with Gasteiger partial charge in [0.1, 0.15) is 6.04 Å². The van der Waals surface area contributed by atoms with E-state index in [-0.39, 0.29) is 0 Å². The minimum atomic E-state index is -0.690. The Morgan fingerprint density at radius 3 is 2.74 bits per heavy atom. The molecule has 1 atom stereocenters. The largest absolute Gasteiger partial charge is 0.468 e. The van der Waals surface area contributed by atoms with Crippen LogP contribution in [0, 0.1) is 6.92 Å².